The molecule has 0 spiro atoms. The molecule has 2 aliphatic heterocycles. The van der Waals surface area contributed by atoms with Gasteiger partial charge in [0.1, 0.15) is 0 Å². The van der Waals surface area contributed by atoms with Crippen LogP contribution in [0.4, 0.5) is 17.5 Å². The van der Waals surface area contributed by atoms with Gasteiger partial charge in [-0.15, -0.1) is 0 Å². The number of sulfonamides is 1. The van der Waals surface area contributed by atoms with Crippen molar-refractivity contribution in [3.8, 4) is 5.75 Å². The number of benzene rings is 1. The summed E-state index contributed by atoms with van der Waals surface area (Å²) >= 11 is 0. The Labute approximate surface area is 179 Å². The van der Waals surface area contributed by atoms with E-state index in [4.69, 9.17) is 9.88 Å². The van der Waals surface area contributed by atoms with Crippen molar-refractivity contribution in [3.05, 3.63) is 30.5 Å². The van der Waals surface area contributed by atoms with Crippen molar-refractivity contribution in [2.45, 2.75) is 36.8 Å². The minimum atomic E-state index is -3.82. The van der Waals surface area contributed by atoms with Crippen molar-refractivity contribution in [1.82, 2.24) is 9.97 Å². The van der Waals surface area contributed by atoms with Crippen molar-refractivity contribution in [3.63, 3.8) is 0 Å². The molecule has 3 N–H and O–H groups in total. The highest BCUT2D eigenvalue weighted by Gasteiger charge is 2.47. The number of nitrogens with zero attached hydrogens (tertiary/aromatic N) is 3. The highest BCUT2D eigenvalue weighted by atomic mass is 32.2. The number of aromatic nitrogens is 2. The van der Waals surface area contributed by atoms with E-state index >= 15 is 0 Å². The van der Waals surface area contributed by atoms with Crippen LogP contribution >= 0.6 is 0 Å². The van der Waals surface area contributed by atoms with Gasteiger partial charge >= 0.3 is 0 Å². The lowest BCUT2D eigenvalue weighted by atomic mass is 10.0. The summed E-state index contributed by atoms with van der Waals surface area (Å²) in [6, 6.07) is 5.11. The van der Waals surface area contributed by atoms with Gasteiger partial charge in [0.05, 0.1) is 28.6 Å². The molecule has 11 nitrogen and oxygen atoms in total. The number of nitrogens with two attached hydrogens (primary N) is 1. The van der Waals surface area contributed by atoms with Gasteiger partial charge in [0, 0.05) is 5.69 Å². The van der Waals surface area contributed by atoms with E-state index in [9.17, 15) is 21.6 Å². The van der Waals surface area contributed by atoms with Crippen LogP contribution in [0.2, 0.25) is 0 Å². The number of hydrogen-bond acceptors (Lipinski definition) is 9. The molecular weight excluding hydrogens is 446 g/mol. The Hall–Kier alpha value is -2.77. The molecule has 31 heavy (non-hydrogen) atoms. The van der Waals surface area contributed by atoms with E-state index in [-0.39, 0.29) is 39.8 Å². The van der Waals surface area contributed by atoms with Crippen molar-refractivity contribution < 1.29 is 26.4 Å². The monoisotopic (exact) mass is 467 g/mol. The van der Waals surface area contributed by atoms with Gasteiger partial charge in [-0.25, -0.2) is 27.0 Å². The maximum atomic E-state index is 13.1. The van der Waals surface area contributed by atoms with Crippen LogP contribution in [0.3, 0.4) is 0 Å². The largest absolute Gasteiger partial charge is 0.472 e. The molecule has 0 aliphatic carbocycles. The van der Waals surface area contributed by atoms with E-state index in [1.165, 1.54) is 35.4 Å². The SMILES string of the molecule is CC1(C)Oc2cnc(Nc3ccc(S(N)(=O)=O)cc3)nc2N([C@H]2CCS(=O)(=O)C2)C1=O. The van der Waals surface area contributed by atoms with E-state index in [2.05, 4.69) is 15.3 Å². The fraction of sp³-hybridized carbons (Fsp3) is 0.389. The average Bonchev–Trinajstić information content (AvgIpc) is 3.02. The Kier molecular flexibility index (Phi) is 4.94. The summed E-state index contributed by atoms with van der Waals surface area (Å²) in [5.41, 5.74) is -0.702. The van der Waals surface area contributed by atoms with Crippen LogP contribution in [0.1, 0.15) is 20.3 Å². The van der Waals surface area contributed by atoms with E-state index in [0.29, 0.717) is 12.1 Å². The number of primary sulfonamides is 1. The fourth-order valence-corrected chi connectivity index (χ4v) is 5.76. The predicted molar refractivity (Wildman–Crippen MR) is 112 cm³/mol. The first-order valence-corrected chi connectivity index (χ1v) is 12.7. The second kappa shape index (κ2) is 7.14. The molecule has 0 bridgehead atoms. The lowest BCUT2D eigenvalue weighted by Crippen LogP contribution is -2.56. The lowest BCUT2D eigenvalue weighted by Gasteiger charge is -2.40. The van der Waals surface area contributed by atoms with Gasteiger partial charge in [-0.3, -0.25) is 9.69 Å². The molecule has 2 aliphatic rings. The third-order valence-corrected chi connectivity index (χ3v) is 7.76. The Morgan fingerprint density at radius 3 is 2.52 bits per heavy atom. The Morgan fingerprint density at radius 2 is 1.94 bits per heavy atom. The smallest absolute Gasteiger partial charge is 0.272 e. The number of nitrogens with one attached hydrogen (secondary N) is 1. The zero-order valence-electron chi connectivity index (χ0n) is 16.8. The molecule has 1 aromatic heterocycles. The van der Waals surface area contributed by atoms with Gasteiger partial charge in [-0.2, -0.15) is 4.98 Å². The van der Waals surface area contributed by atoms with E-state index < -0.39 is 31.5 Å². The first-order valence-electron chi connectivity index (χ1n) is 9.36. The van der Waals surface area contributed by atoms with Gasteiger partial charge in [0.2, 0.25) is 16.0 Å². The summed E-state index contributed by atoms with van der Waals surface area (Å²) in [5, 5.41) is 8.02. The fourth-order valence-electron chi connectivity index (χ4n) is 3.55. The standard InChI is InChI=1S/C18H21N5O6S2/c1-18(2)16(24)23(12-7-8-30(25,26)10-12)15-14(29-18)9-20-17(22-15)21-11-3-5-13(6-4-11)31(19,27)28/h3-6,9,12H,7-8,10H2,1-2H3,(H2,19,27,28)(H,20,21,22)/t12-/m0/s1. The number of fused-ring (bicyclic) bond motifs is 1. The van der Waals surface area contributed by atoms with Crippen LogP contribution < -0.4 is 20.1 Å². The topological polar surface area (TPSA) is 162 Å². The Morgan fingerprint density at radius 1 is 1.26 bits per heavy atom. The minimum Gasteiger partial charge on any atom is -0.472 e. The van der Waals surface area contributed by atoms with E-state index in [0.717, 1.165) is 0 Å². The molecule has 3 heterocycles. The maximum Gasteiger partial charge on any atom is 0.272 e. The predicted octanol–water partition coefficient (Wildman–Crippen LogP) is 0.559. The molecule has 2 aromatic rings. The van der Waals surface area contributed by atoms with Crippen LogP contribution in [-0.4, -0.2) is 55.9 Å². The molecule has 0 saturated carbocycles. The van der Waals surface area contributed by atoms with Gasteiger partial charge in [-0.05, 0) is 44.5 Å². The van der Waals surface area contributed by atoms with Gasteiger partial charge < -0.3 is 10.1 Å². The van der Waals surface area contributed by atoms with E-state index in [1.54, 1.807) is 13.8 Å². The zero-order valence-corrected chi connectivity index (χ0v) is 18.4. The van der Waals surface area contributed by atoms with Gasteiger partial charge in [0.15, 0.2) is 27.0 Å². The number of hydrogen-bond donors (Lipinski definition) is 2. The molecule has 1 amide bonds. The number of amides is 1. The van der Waals surface area contributed by atoms with E-state index in [1.807, 2.05) is 0 Å². The summed E-state index contributed by atoms with van der Waals surface area (Å²) in [5.74, 6) is 0.0585. The lowest BCUT2D eigenvalue weighted by molar-refractivity contribution is -0.133. The molecule has 1 aromatic carbocycles. The van der Waals surface area contributed by atoms with Gasteiger partial charge in [-0.1, -0.05) is 0 Å². The zero-order chi connectivity index (χ0) is 22.6. The number of rotatable bonds is 4. The van der Waals surface area contributed by atoms with Crippen molar-refractivity contribution in [2.75, 3.05) is 21.7 Å². The molecule has 1 fully saturated rings. The molecule has 1 atom stereocenters. The highest BCUT2D eigenvalue weighted by Crippen LogP contribution is 2.39. The first-order chi connectivity index (χ1) is 14.4. The average molecular weight is 468 g/mol. The minimum absolute atomic E-state index is 0.00462. The molecule has 0 radical (unpaired) electrons. The van der Waals surface area contributed by atoms with Gasteiger partial charge in [0.25, 0.3) is 5.91 Å². The van der Waals surface area contributed by atoms with Crippen molar-refractivity contribution in [1.29, 1.82) is 0 Å². The first kappa shape index (κ1) is 21.5. The third kappa shape index (κ3) is 4.20. The van der Waals surface area contributed by atoms with Crippen LogP contribution in [0.5, 0.6) is 5.75 Å². The summed E-state index contributed by atoms with van der Waals surface area (Å²) in [7, 11) is -7.05. The number of sulfone groups is 1. The molecule has 0 unspecified atom stereocenters. The summed E-state index contributed by atoms with van der Waals surface area (Å²) in [6.45, 7) is 3.21. The Balaban J connectivity index is 1.68. The maximum absolute atomic E-state index is 13.1. The summed E-state index contributed by atoms with van der Waals surface area (Å²) < 4.78 is 52.6. The quantitative estimate of drug-likeness (QED) is 0.654. The molecule has 4 rings (SSSR count). The second-order valence-corrected chi connectivity index (χ2v) is 11.7. The van der Waals surface area contributed by atoms with Crippen molar-refractivity contribution >= 4 is 43.2 Å². The van der Waals surface area contributed by atoms with Crippen molar-refractivity contribution in [2.24, 2.45) is 5.14 Å². The Bertz CT molecular complexity index is 1260. The number of anilines is 3. The highest BCUT2D eigenvalue weighted by molar-refractivity contribution is 7.91. The van der Waals surface area contributed by atoms with Crippen LogP contribution in [0, 0.1) is 0 Å². The molecular formula is C18H21N5O6S2. The second-order valence-electron chi connectivity index (χ2n) is 7.92. The summed E-state index contributed by atoms with van der Waals surface area (Å²) in [6.07, 6.45) is 1.72. The third-order valence-electron chi connectivity index (χ3n) is 5.08. The number of ether oxygens (including phenoxy) is 1. The number of carbonyl (C=O) groups is 1. The molecule has 166 valence electrons. The molecule has 1 saturated heterocycles. The number of carbonyl (C=O) groups excluding carboxylic acids is 1. The summed E-state index contributed by atoms with van der Waals surface area (Å²) in [4.78, 5) is 23.0. The normalized spacial score (nSPS) is 22.0. The molecule has 13 heteroatoms. The van der Waals surface area contributed by atoms with Crippen LogP contribution in [-0.2, 0) is 24.7 Å². The van der Waals surface area contributed by atoms with Crippen LogP contribution in [0.25, 0.3) is 0 Å². The van der Waals surface area contributed by atoms with Crippen LogP contribution in [0.15, 0.2) is 35.4 Å².